The van der Waals surface area contributed by atoms with E-state index < -0.39 is 0 Å². The molecule has 16 heavy (non-hydrogen) atoms. The maximum atomic E-state index is 13.0. The largest absolute Gasteiger partial charge is 0.358 e. The van der Waals surface area contributed by atoms with E-state index in [-0.39, 0.29) is 18.0 Å². The number of hydrogen-bond donors (Lipinski definition) is 1. The van der Waals surface area contributed by atoms with Crippen molar-refractivity contribution in [1.82, 2.24) is 4.98 Å². The fourth-order valence-electron chi connectivity index (χ4n) is 1.82. The van der Waals surface area contributed by atoms with E-state index in [2.05, 4.69) is 4.98 Å². The molecule has 1 aromatic carbocycles. The first-order valence-electron chi connectivity index (χ1n) is 4.81. The standard InChI is InChI=1S/C12H9FN2O/c1-7-12(11(16)4-5-14)9-3-2-8(13)6-10(9)15-7/h2-3,6,15H,4H2,1H3. The molecule has 0 aliphatic heterocycles. The molecule has 0 aliphatic rings. The van der Waals surface area contributed by atoms with Gasteiger partial charge in [0.2, 0.25) is 0 Å². The van der Waals surface area contributed by atoms with E-state index in [0.717, 1.165) is 0 Å². The molecule has 1 N–H and O–H groups in total. The number of hydrogen-bond acceptors (Lipinski definition) is 2. The second-order valence-electron chi connectivity index (χ2n) is 3.57. The van der Waals surface area contributed by atoms with Crippen LogP contribution >= 0.6 is 0 Å². The number of ketones is 1. The van der Waals surface area contributed by atoms with Gasteiger partial charge in [-0.15, -0.1) is 0 Å². The molecule has 1 heterocycles. The van der Waals surface area contributed by atoms with Crippen LogP contribution in [-0.2, 0) is 0 Å². The van der Waals surface area contributed by atoms with E-state index in [0.29, 0.717) is 22.2 Å². The van der Waals surface area contributed by atoms with Gasteiger partial charge in [-0.1, -0.05) is 0 Å². The van der Waals surface area contributed by atoms with Crippen molar-refractivity contribution >= 4 is 16.7 Å². The van der Waals surface area contributed by atoms with Crippen LogP contribution < -0.4 is 0 Å². The van der Waals surface area contributed by atoms with E-state index in [4.69, 9.17) is 5.26 Å². The van der Waals surface area contributed by atoms with Crippen molar-refractivity contribution in [3.05, 3.63) is 35.3 Å². The second-order valence-corrected chi connectivity index (χ2v) is 3.57. The number of aryl methyl sites for hydroxylation is 1. The lowest BCUT2D eigenvalue weighted by atomic mass is 10.1. The third-order valence-electron chi connectivity index (χ3n) is 2.47. The van der Waals surface area contributed by atoms with Crippen LogP contribution in [0.2, 0.25) is 0 Å². The molecule has 2 rings (SSSR count). The molecule has 0 atom stereocenters. The molecule has 1 aromatic heterocycles. The van der Waals surface area contributed by atoms with Crippen molar-refractivity contribution in [2.24, 2.45) is 0 Å². The third-order valence-corrected chi connectivity index (χ3v) is 2.47. The molecule has 3 nitrogen and oxygen atoms in total. The Kier molecular flexibility index (Phi) is 2.45. The summed E-state index contributed by atoms with van der Waals surface area (Å²) in [5.74, 6) is -0.592. The fraction of sp³-hybridized carbons (Fsp3) is 0.167. The minimum Gasteiger partial charge on any atom is -0.358 e. The molecule has 80 valence electrons. The Labute approximate surface area is 91.5 Å². The van der Waals surface area contributed by atoms with Gasteiger partial charge in [0.05, 0.1) is 12.5 Å². The summed E-state index contributed by atoms with van der Waals surface area (Å²) in [5, 5.41) is 9.17. The van der Waals surface area contributed by atoms with E-state index >= 15 is 0 Å². The van der Waals surface area contributed by atoms with Crippen LogP contribution in [0, 0.1) is 24.1 Å². The summed E-state index contributed by atoms with van der Waals surface area (Å²) in [6.07, 6.45) is -0.162. The van der Waals surface area contributed by atoms with Crippen LogP contribution in [0.3, 0.4) is 0 Å². The van der Waals surface area contributed by atoms with Gasteiger partial charge in [0.25, 0.3) is 0 Å². The minimum atomic E-state index is -0.354. The van der Waals surface area contributed by atoms with Crippen molar-refractivity contribution < 1.29 is 9.18 Å². The lowest BCUT2D eigenvalue weighted by Crippen LogP contribution is -1.98. The van der Waals surface area contributed by atoms with Crippen molar-refractivity contribution in [2.75, 3.05) is 0 Å². The molecular weight excluding hydrogens is 207 g/mol. The van der Waals surface area contributed by atoms with Gasteiger partial charge >= 0.3 is 0 Å². The summed E-state index contributed by atoms with van der Waals surface area (Å²) in [4.78, 5) is 14.6. The van der Waals surface area contributed by atoms with Crippen LogP contribution in [0.4, 0.5) is 4.39 Å². The molecule has 0 spiro atoms. The Morgan fingerprint density at radius 3 is 3.00 bits per heavy atom. The average molecular weight is 216 g/mol. The number of Topliss-reactive ketones (excluding diaryl/α,β-unsaturated/α-hetero) is 1. The van der Waals surface area contributed by atoms with E-state index in [1.54, 1.807) is 13.0 Å². The zero-order valence-electron chi connectivity index (χ0n) is 8.67. The highest BCUT2D eigenvalue weighted by Crippen LogP contribution is 2.23. The van der Waals surface area contributed by atoms with Crippen LogP contribution in [0.25, 0.3) is 10.9 Å². The van der Waals surface area contributed by atoms with Crippen molar-refractivity contribution in [3.63, 3.8) is 0 Å². The molecule has 0 aliphatic carbocycles. The number of aromatic nitrogens is 1. The molecule has 0 bridgehead atoms. The molecule has 0 fully saturated rings. The normalized spacial score (nSPS) is 10.3. The predicted molar refractivity (Wildman–Crippen MR) is 57.6 cm³/mol. The van der Waals surface area contributed by atoms with Gasteiger partial charge in [-0.2, -0.15) is 5.26 Å². The van der Waals surface area contributed by atoms with Gasteiger partial charge in [0, 0.05) is 22.2 Å². The summed E-state index contributed by atoms with van der Waals surface area (Å²) in [5.41, 5.74) is 1.73. The number of halogens is 1. The average Bonchev–Trinajstić information content (AvgIpc) is 2.53. The number of nitrogens with one attached hydrogen (secondary N) is 1. The van der Waals surface area contributed by atoms with Crippen LogP contribution in [0.1, 0.15) is 22.5 Å². The van der Waals surface area contributed by atoms with Crippen LogP contribution in [0.5, 0.6) is 0 Å². The van der Waals surface area contributed by atoms with Gasteiger partial charge < -0.3 is 4.98 Å². The Morgan fingerprint density at radius 2 is 2.31 bits per heavy atom. The Morgan fingerprint density at radius 1 is 1.56 bits per heavy atom. The van der Waals surface area contributed by atoms with Crippen LogP contribution in [-0.4, -0.2) is 10.8 Å². The minimum absolute atomic E-state index is 0.162. The maximum Gasteiger partial charge on any atom is 0.179 e. The molecule has 2 aromatic rings. The third kappa shape index (κ3) is 1.57. The quantitative estimate of drug-likeness (QED) is 0.784. The number of carbonyl (C=O) groups is 1. The van der Waals surface area contributed by atoms with E-state index in [1.165, 1.54) is 12.1 Å². The van der Waals surface area contributed by atoms with Gasteiger partial charge in [0.15, 0.2) is 5.78 Å². The van der Waals surface area contributed by atoms with Crippen molar-refractivity contribution in [3.8, 4) is 6.07 Å². The second kappa shape index (κ2) is 3.78. The van der Waals surface area contributed by atoms with Crippen molar-refractivity contribution in [1.29, 1.82) is 5.26 Å². The topological polar surface area (TPSA) is 56.6 Å². The number of fused-ring (bicyclic) bond motifs is 1. The zero-order valence-corrected chi connectivity index (χ0v) is 8.67. The highest BCUT2D eigenvalue weighted by atomic mass is 19.1. The number of carbonyl (C=O) groups excluding carboxylic acids is 1. The first-order valence-corrected chi connectivity index (χ1v) is 4.81. The number of rotatable bonds is 2. The number of nitrogens with zero attached hydrogens (tertiary/aromatic N) is 1. The smallest absolute Gasteiger partial charge is 0.179 e. The molecule has 4 heteroatoms. The summed E-state index contributed by atoms with van der Waals surface area (Å²) in [6.45, 7) is 1.74. The highest BCUT2D eigenvalue weighted by Gasteiger charge is 2.15. The lowest BCUT2D eigenvalue weighted by molar-refractivity contribution is 0.0999. The summed E-state index contributed by atoms with van der Waals surface area (Å²) in [7, 11) is 0. The van der Waals surface area contributed by atoms with Crippen LogP contribution in [0.15, 0.2) is 18.2 Å². The van der Waals surface area contributed by atoms with Gasteiger partial charge in [0.1, 0.15) is 5.82 Å². The molecule has 0 saturated heterocycles. The van der Waals surface area contributed by atoms with Gasteiger partial charge in [-0.3, -0.25) is 4.79 Å². The number of nitriles is 1. The van der Waals surface area contributed by atoms with E-state index in [9.17, 15) is 9.18 Å². The summed E-state index contributed by atoms with van der Waals surface area (Å²) >= 11 is 0. The SMILES string of the molecule is Cc1[nH]c2cc(F)ccc2c1C(=O)CC#N. The molecule has 0 unspecified atom stereocenters. The zero-order chi connectivity index (χ0) is 11.7. The fourth-order valence-corrected chi connectivity index (χ4v) is 1.82. The number of benzene rings is 1. The Bertz CT molecular complexity index is 607. The maximum absolute atomic E-state index is 13.0. The first kappa shape index (κ1) is 10.4. The molecule has 0 amide bonds. The van der Waals surface area contributed by atoms with Gasteiger partial charge in [-0.05, 0) is 25.1 Å². The lowest BCUT2D eigenvalue weighted by Gasteiger charge is -1.96. The van der Waals surface area contributed by atoms with Gasteiger partial charge in [-0.25, -0.2) is 4.39 Å². The molecule has 0 radical (unpaired) electrons. The first-order chi connectivity index (χ1) is 7.63. The monoisotopic (exact) mass is 216 g/mol. The summed E-state index contributed by atoms with van der Waals surface area (Å²) < 4.78 is 13.0. The number of aromatic amines is 1. The highest BCUT2D eigenvalue weighted by molar-refractivity contribution is 6.09. The molecular formula is C12H9FN2O. The Balaban J connectivity index is 2.66. The number of H-pyrrole nitrogens is 1. The molecule has 0 saturated carbocycles. The predicted octanol–water partition coefficient (Wildman–Crippen LogP) is 2.71. The Hall–Kier alpha value is -2.15. The van der Waals surface area contributed by atoms with E-state index in [1.807, 2.05) is 6.07 Å². The summed E-state index contributed by atoms with van der Waals surface area (Å²) in [6, 6.07) is 6.02. The van der Waals surface area contributed by atoms with Crippen molar-refractivity contribution in [2.45, 2.75) is 13.3 Å².